The lowest BCUT2D eigenvalue weighted by molar-refractivity contribution is 0.306. The fraction of sp³-hybridized carbons (Fsp3) is 0.229. The second-order valence-corrected chi connectivity index (χ2v) is 48.5. The number of hydrogen-bond donors (Lipinski definition) is 4. The van der Waals surface area contributed by atoms with Crippen molar-refractivity contribution in [3.63, 3.8) is 0 Å². The van der Waals surface area contributed by atoms with E-state index in [1.807, 2.05) is 201 Å². The maximum atomic E-state index is 9.82. The van der Waals surface area contributed by atoms with Crippen molar-refractivity contribution in [2.75, 3.05) is 11.9 Å². The van der Waals surface area contributed by atoms with Gasteiger partial charge in [-0.05, 0) is 251 Å². The van der Waals surface area contributed by atoms with Crippen LogP contribution in [0.25, 0.3) is 121 Å². The van der Waals surface area contributed by atoms with Crippen molar-refractivity contribution < 1.29 is 47.7 Å². The Morgan fingerprint density at radius 2 is 0.676 bits per heavy atom. The second kappa shape index (κ2) is 40.7. The fourth-order valence-electron chi connectivity index (χ4n) is 16.1. The maximum Gasteiger partial charge on any atom is 0.505 e. The van der Waals surface area contributed by atoms with Crippen molar-refractivity contribution >= 4 is 155 Å². The number of aromatic amines is 1. The average molecular weight is 2030 g/mol. The molecule has 136 heavy (non-hydrogen) atoms. The zero-order valence-electron chi connectivity index (χ0n) is 79.9. The first-order valence-electron chi connectivity index (χ1n) is 45.3. The van der Waals surface area contributed by atoms with Crippen LogP contribution in [0.4, 0.5) is 0 Å². The summed E-state index contributed by atoms with van der Waals surface area (Å²) in [7, 11) is 8.65. The Labute approximate surface area is 817 Å². The van der Waals surface area contributed by atoms with Crippen molar-refractivity contribution in [2.24, 2.45) is 49.3 Å². The van der Waals surface area contributed by atoms with Gasteiger partial charge in [-0.25, -0.2) is 0 Å². The first-order valence-corrected chi connectivity index (χ1v) is 53.4. The molecule has 20 aromatic rings. The van der Waals surface area contributed by atoms with Crippen LogP contribution in [0.15, 0.2) is 291 Å². The highest BCUT2D eigenvalue weighted by atomic mass is 127. The first kappa shape index (κ1) is 95.9. The molecule has 0 aliphatic rings. The Kier molecular flexibility index (Phi) is 28.7. The number of nitrogens with zero attached hydrogens (tertiary/aromatic N) is 11. The highest BCUT2D eigenvalue weighted by molar-refractivity contribution is 14.1. The molecule has 696 valence electrons. The quantitative estimate of drug-likeness (QED) is 0.0265. The van der Waals surface area contributed by atoms with E-state index in [0.717, 1.165) is 187 Å². The van der Waals surface area contributed by atoms with Gasteiger partial charge in [0.05, 0.1) is 45.8 Å². The van der Waals surface area contributed by atoms with Gasteiger partial charge < -0.3 is 66.0 Å². The first-order chi connectivity index (χ1) is 65.1. The number of alkyl halides is 1. The standard InChI is InChI=1S/C30H35N3O2Si.C25H22BrN3O2.C24H21N3O2.C15H24BNO3Si.C15H13IN2O/c1-30(2,3)36(6,7)35-24-14-15-26-22(17-24)18-28(32(26)4)29-25-19-23(13-16-27(25)33(5)31-29)34-20-21-11-9-8-10-12-21;1-29-23-10-8-19(30-12-11-26)13-18(23)14-24(29)25-21-15-20(7-9-22(21)27-28-25)31-16-17-5-3-2-4-6-17;1-26-21-10-8-18(28)12-17(21)13-23(26)24-20-14-19(9-11-22(20)27(2)25-24)29-15-16-6-4-3-5-7-16;1-15(2,3)21(5,6)20-12-7-8-13-11(9-12)10-14(16(18)19)17(13)4;1-18-14-8-7-12(9-13(14)15(16)17-18)19-10-11-5-3-2-4-6-11/h8-19H,20H2,1-7H3;2-10,13-15H,11-12,16H2,1H3,(H,27,28);3-14,28H,15H2,1-2H3;7-10,18-19H,1-6H3;2-9H,10H2,1H3. The van der Waals surface area contributed by atoms with Gasteiger partial charge >= 0.3 is 7.12 Å². The van der Waals surface area contributed by atoms with Crippen LogP contribution < -0.4 is 38.1 Å². The van der Waals surface area contributed by atoms with Crippen LogP contribution in [0, 0.1) is 3.70 Å². The lowest BCUT2D eigenvalue weighted by atomic mass is 9.86. The van der Waals surface area contributed by atoms with E-state index in [1.165, 1.54) is 5.56 Å². The van der Waals surface area contributed by atoms with E-state index in [1.54, 1.807) is 22.8 Å². The molecule has 4 N–H and O–H groups in total. The van der Waals surface area contributed by atoms with Crippen LogP contribution >= 0.6 is 38.5 Å². The lowest BCUT2D eigenvalue weighted by Crippen LogP contribution is -2.43. The van der Waals surface area contributed by atoms with Gasteiger partial charge in [0.15, 0.2) is 0 Å². The van der Waals surface area contributed by atoms with Gasteiger partial charge in [0.1, 0.15) is 93.2 Å². The number of ether oxygens (including phenoxy) is 5. The van der Waals surface area contributed by atoms with Crippen molar-refractivity contribution in [2.45, 2.75) is 104 Å². The third-order valence-corrected chi connectivity index (χ3v) is 35.6. The molecule has 0 spiro atoms. The number of phenolic OH excluding ortho intramolecular Hbond substituents is 1. The number of aromatic nitrogens is 12. The van der Waals surface area contributed by atoms with Crippen molar-refractivity contribution in [1.82, 2.24) is 57.8 Å². The summed E-state index contributed by atoms with van der Waals surface area (Å²) in [6, 6.07) is 97.2. The number of aryl methyl sites for hydroxylation is 7. The third-order valence-electron chi connectivity index (χ3n) is 25.7. The molecule has 0 aliphatic carbocycles. The minimum atomic E-state index is -1.91. The van der Waals surface area contributed by atoms with Crippen LogP contribution in [0.5, 0.6) is 46.0 Å². The van der Waals surface area contributed by atoms with Gasteiger partial charge in [-0.15, -0.1) is 0 Å². The minimum Gasteiger partial charge on any atom is -0.543 e. The number of fused-ring (bicyclic) bond motifs is 8. The van der Waals surface area contributed by atoms with Crippen molar-refractivity contribution in [3.8, 4) is 80.2 Å². The van der Waals surface area contributed by atoms with Crippen molar-refractivity contribution in [3.05, 3.63) is 317 Å². The van der Waals surface area contributed by atoms with Gasteiger partial charge in [-0.1, -0.05) is 179 Å². The van der Waals surface area contributed by atoms with E-state index >= 15 is 0 Å². The normalized spacial score (nSPS) is 11.8. The largest absolute Gasteiger partial charge is 0.543 e. The molecule has 0 bridgehead atoms. The zero-order chi connectivity index (χ0) is 96.1. The molecule has 0 aliphatic heterocycles. The van der Waals surface area contributed by atoms with Crippen LogP contribution in [-0.4, -0.2) is 109 Å². The average Bonchev–Trinajstić information content (AvgIpc) is 1.61. The molecule has 0 saturated carbocycles. The Morgan fingerprint density at radius 1 is 0.353 bits per heavy atom. The van der Waals surface area contributed by atoms with Crippen LogP contribution in [0.1, 0.15) is 63.8 Å². The van der Waals surface area contributed by atoms with E-state index in [9.17, 15) is 15.2 Å². The molecule has 20 rings (SSSR count). The molecule has 0 fully saturated rings. The van der Waals surface area contributed by atoms with E-state index in [4.69, 9.17) is 42.7 Å². The van der Waals surface area contributed by atoms with Gasteiger partial charge in [-0.2, -0.15) is 20.4 Å². The Morgan fingerprint density at radius 3 is 1.08 bits per heavy atom. The highest BCUT2D eigenvalue weighted by Crippen LogP contribution is 2.43. The van der Waals surface area contributed by atoms with Gasteiger partial charge in [0, 0.05) is 125 Å². The molecule has 12 aromatic carbocycles. The molecule has 0 unspecified atom stereocenters. The van der Waals surface area contributed by atoms with E-state index in [2.05, 4.69) is 271 Å². The predicted octanol–water partition coefficient (Wildman–Crippen LogP) is 24.8. The smallest absolute Gasteiger partial charge is 0.505 e. The number of phenols is 1. The number of nitrogens with one attached hydrogen (secondary N) is 1. The lowest BCUT2D eigenvalue weighted by Gasteiger charge is -2.36. The number of benzene rings is 12. The monoisotopic (exact) mass is 2020 g/mol. The summed E-state index contributed by atoms with van der Waals surface area (Å²) in [5, 5.41) is 60.0. The SMILES string of the molecule is Cn1c(-c2n[nH]c3ccc(OCc4ccccc4)cc23)cc2cc(OCCBr)ccc21.Cn1c(B(O)O)cc2cc(O[Si](C)(C)C(C)(C)C)ccc21.Cn1nc(-c2cc3cc(O)ccc3n2C)c2cc(OCc3ccccc3)ccc21.Cn1nc(-c2cc3cc(O[Si](C)(C)C(C)(C)C)ccc3n2C)c2cc(OCc3ccccc3)ccc21.Cn1nc(I)c2cc(OCc3ccccc3)ccc21. The summed E-state index contributed by atoms with van der Waals surface area (Å²) in [4.78, 5) is 0. The van der Waals surface area contributed by atoms with Crippen LogP contribution in [0.3, 0.4) is 0 Å². The zero-order valence-corrected chi connectivity index (χ0v) is 85.7. The molecule has 0 atom stereocenters. The minimum absolute atomic E-state index is 0.144. The summed E-state index contributed by atoms with van der Waals surface area (Å²) in [5.74, 6) is 6.26. The molecule has 22 nitrogen and oxygen atoms in total. The Balaban J connectivity index is 0.000000125. The number of halogens is 2. The van der Waals surface area contributed by atoms with E-state index < -0.39 is 23.8 Å². The van der Waals surface area contributed by atoms with Crippen LogP contribution in [0.2, 0.25) is 36.3 Å². The molecular formula is C109H115BBrIN12O10Si2. The summed E-state index contributed by atoms with van der Waals surface area (Å²) < 4.78 is 57.6. The van der Waals surface area contributed by atoms with Gasteiger partial charge in [0.25, 0.3) is 0 Å². The summed E-state index contributed by atoms with van der Waals surface area (Å²) in [6.07, 6.45) is 0. The summed E-state index contributed by atoms with van der Waals surface area (Å²) >= 11 is 5.65. The van der Waals surface area contributed by atoms with Crippen molar-refractivity contribution in [1.29, 1.82) is 0 Å². The summed E-state index contributed by atoms with van der Waals surface area (Å²) in [6.45, 7) is 25.2. The highest BCUT2D eigenvalue weighted by Gasteiger charge is 2.40. The van der Waals surface area contributed by atoms with Gasteiger partial charge in [0.2, 0.25) is 16.6 Å². The number of hydrogen-bond acceptors (Lipinski definition) is 14. The third kappa shape index (κ3) is 21.5. The second-order valence-electron chi connectivity index (χ2n) is 37.2. The topological polar surface area (TPSA) is 227 Å². The number of rotatable bonds is 23. The Hall–Kier alpha value is -13.3. The number of aromatic hydroxyl groups is 1. The van der Waals surface area contributed by atoms with E-state index in [0.29, 0.717) is 38.6 Å². The molecular weight excluding hydrogens is 1910 g/mol. The molecule has 0 saturated heterocycles. The van der Waals surface area contributed by atoms with Crippen LogP contribution in [-0.2, 0) is 75.8 Å². The number of H-pyrrole nitrogens is 1. The van der Waals surface area contributed by atoms with E-state index in [-0.39, 0.29) is 15.8 Å². The molecule has 8 heterocycles. The predicted molar refractivity (Wildman–Crippen MR) is 569 cm³/mol. The molecule has 0 radical (unpaired) electrons. The maximum absolute atomic E-state index is 9.82. The molecule has 8 aromatic heterocycles. The molecule has 0 amide bonds. The Bertz CT molecular complexity index is 7620. The fourth-order valence-corrected chi connectivity index (χ4v) is 19.1. The summed E-state index contributed by atoms with van der Waals surface area (Å²) in [5.41, 5.74) is 19.4. The van der Waals surface area contributed by atoms with Gasteiger partial charge in [-0.3, -0.25) is 19.1 Å². The molecule has 27 heteroatoms.